The molecule has 90 valence electrons. The Balaban J connectivity index is 2.17. The van der Waals surface area contributed by atoms with Gasteiger partial charge in [-0.05, 0) is 18.8 Å². The molecule has 16 heavy (non-hydrogen) atoms. The Bertz CT molecular complexity index is 338. The smallest absolute Gasteiger partial charge is 0.205 e. The molecule has 2 N–H and O–H groups in total. The van der Waals surface area contributed by atoms with Gasteiger partial charge in [-0.1, -0.05) is 13.8 Å². The second-order valence-corrected chi connectivity index (χ2v) is 5.19. The molecule has 1 saturated heterocycles. The van der Waals surface area contributed by atoms with Gasteiger partial charge >= 0.3 is 0 Å². The van der Waals surface area contributed by atoms with Crippen LogP contribution < -0.4 is 10.6 Å². The Kier molecular flexibility index (Phi) is 3.76. The molecular weight excluding hydrogens is 220 g/mol. The Morgan fingerprint density at radius 1 is 1.56 bits per heavy atom. The largest absolute Gasteiger partial charge is 0.342 e. The van der Waals surface area contributed by atoms with E-state index in [9.17, 15) is 0 Å². The molecule has 0 radical (unpaired) electrons. The SMILES string of the molecule is CCc1nsc(N2CCCC(C)C2CN)n1. The standard InChI is InChI=1S/C11H20N4S/c1-3-10-13-11(16-14-10)15-6-4-5-8(2)9(15)7-12/h8-9H,3-7,12H2,1-2H3. The van der Waals surface area contributed by atoms with E-state index in [0.717, 1.165) is 23.9 Å². The van der Waals surface area contributed by atoms with Crippen LogP contribution in [0.1, 0.15) is 32.5 Å². The van der Waals surface area contributed by atoms with Gasteiger partial charge in [-0.15, -0.1) is 0 Å². The molecule has 2 heterocycles. The van der Waals surface area contributed by atoms with Crippen molar-refractivity contribution in [2.75, 3.05) is 18.0 Å². The van der Waals surface area contributed by atoms with E-state index in [1.165, 1.54) is 24.4 Å². The first-order chi connectivity index (χ1) is 7.76. The normalized spacial score (nSPS) is 26.1. The molecule has 1 aliphatic rings. The number of piperidine rings is 1. The third-order valence-corrected chi connectivity index (χ3v) is 4.17. The van der Waals surface area contributed by atoms with Gasteiger partial charge in [-0.3, -0.25) is 0 Å². The minimum absolute atomic E-state index is 0.436. The van der Waals surface area contributed by atoms with Crippen LogP contribution in [0.4, 0.5) is 5.13 Å². The Labute approximate surface area is 101 Å². The molecular formula is C11H20N4S. The van der Waals surface area contributed by atoms with E-state index in [4.69, 9.17) is 5.73 Å². The summed E-state index contributed by atoms with van der Waals surface area (Å²) in [5, 5.41) is 1.05. The number of hydrogen-bond acceptors (Lipinski definition) is 5. The zero-order chi connectivity index (χ0) is 11.5. The highest BCUT2D eigenvalue weighted by atomic mass is 32.1. The van der Waals surface area contributed by atoms with E-state index in [1.54, 1.807) is 0 Å². The maximum Gasteiger partial charge on any atom is 0.205 e. The van der Waals surface area contributed by atoms with Crippen LogP contribution in [0.5, 0.6) is 0 Å². The number of nitrogens with zero attached hydrogens (tertiary/aromatic N) is 3. The molecule has 5 heteroatoms. The van der Waals surface area contributed by atoms with E-state index < -0.39 is 0 Å². The number of rotatable bonds is 3. The summed E-state index contributed by atoms with van der Waals surface area (Å²) in [4.78, 5) is 6.92. The lowest BCUT2D eigenvalue weighted by Crippen LogP contribution is -2.48. The summed E-state index contributed by atoms with van der Waals surface area (Å²) in [7, 11) is 0. The lowest BCUT2D eigenvalue weighted by atomic mass is 9.91. The molecule has 0 aromatic carbocycles. The van der Waals surface area contributed by atoms with Gasteiger partial charge in [0.1, 0.15) is 5.82 Å². The lowest BCUT2D eigenvalue weighted by Gasteiger charge is -2.39. The summed E-state index contributed by atoms with van der Waals surface area (Å²) in [6, 6.07) is 0.436. The third kappa shape index (κ3) is 2.20. The van der Waals surface area contributed by atoms with Crippen molar-refractivity contribution in [2.45, 2.75) is 39.2 Å². The molecule has 2 unspecified atom stereocenters. The van der Waals surface area contributed by atoms with Gasteiger partial charge in [-0.25, -0.2) is 4.98 Å². The summed E-state index contributed by atoms with van der Waals surface area (Å²) in [6.45, 7) is 6.16. The van der Waals surface area contributed by atoms with Crippen molar-refractivity contribution < 1.29 is 0 Å². The lowest BCUT2D eigenvalue weighted by molar-refractivity contribution is 0.349. The average molecular weight is 240 g/mol. The van der Waals surface area contributed by atoms with Crippen LogP contribution >= 0.6 is 11.5 Å². The highest BCUT2D eigenvalue weighted by Gasteiger charge is 2.29. The predicted molar refractivity (Wildman–Crippen MR) is 67.9 cm³/mol. The van der Waals surface area contributed by atoms with Crippen molar-refractivity contribution in [2.24, 2.45) is 11.7 Å². The van der Waals surface area contributed by atoms with Gasteiger partial charge in [0.2, 0.25) is 5.13 Å². The maximum atomic E-state index is 5.88. The highest BCUT2D eigenvalue weighted by Crippen LogP contribution is 2.29. The second kappa shape index (κ2) is 5.10. The molecule has 0 amide bonds. The molecule has 0 spiro atoms. The van der Waals surface area contributed by atoms with E-state index in [2.05, 4.69) is 28.1 Å². The zero-order valence-corrected chi connectivity index (χ0v) is 10.8. The van der Waals surface area contributed by atoms with Crippen LogP contribution in [0.3, 0.4) is 0 Å². The average Bonchev–Trinajstić information content (AvgIpc) is 2.77. The predicted octanol–water partition coefficient (Wildman–Crippen LogP) is 1.66. The van der Waals surface area contributed by atoms with Crippen LogP contribution in [-0.2, 0) is 6.42 Å². The zero-order valence-electron chi connectivity index (χ0n) is 10.0. The summed E-state index contributed by atoms with van der Waals surface area (Å²) >= 11 is 1.51. The van der Waals surface area contributed by atoms with E-state index >= 15 is 0 Å². The Morgan fingerprint density at radius 2 is 2.38 bits per heavy atom. The molecule has 1 aromatic heterocycles. The van der Waals surface area contributed by atoms with E-state index in [0.29, 0.717) is 18.5 Å². The van der Waals surface area contributed by atoms with E-state index in [1.807, 2.05) is 0 Å². The van der Waals surface area contributed by atoms with Crippen LogP contribution in [0.2, 0.25) is 0 Å². The van der Waals surface area contributed by atoms with Crippen LogP contribution in [0, 0.1) is 5.92 Å². The van der Waals surface area contributed by atoms with Crippen molar-refractivity contribution in [1.82, 2.24) is 9.36 Å². The first-order valence-electron chi connectivity index (χ1n) is 6.05. The Hall–Kier alpha value is -0.680. The molecule has 1 fully saturated rings. The number of aromatic nitrogens is 2. The Morgan fingerprint density at radius 3 is 3.00 bits per heavy atom. The van der Waals surface area contributed by atoms with Crippen molar-refractivity contribution in [3.8, 4) is 0 Å². The van der Waals surface area contributed by atoms with Crippen molar-refractivity contribution in [1.29, 1.82) is 0 Å². The minimum Gasteiger partial charge on any atom is -0.342 e. The summed E-state index contributed by atoms with van der Waals surface area (Å²) in [5.74, 6) is 1.61. The van der Waals surface area contributed by atoms with Crippen LogP contribution in [-0.4, -0.2) is 28.5 Å². The van der Waals surface area contributed by atoms with Gasteiger partial charge in [0.15, 0.2) is 0 Å². The summed E-state index contributed by atoms with van der Waals surface area (Å²) in [6.07, 6.45) is 3.42. The van der Waals surface area contributed by atoms with Crippen molar-refractivity contribution in [3.63, 3.8) is 0 Å². The second-order valence-electron chi connectivity index (χ2n) is 4.46. The fourth-order valence-electron chi connectivity index (χ4n) is 2.35. The number of hydrogen-bond donors (Lipinski definition) is 1. The minimum atomic E-state index is 0.436. The van der Waals surface area contributed by atoms with Crippen molar-refractivity contribution in [3.05, 3.63) is 5.82 Å². The summed E-state index contributed by atoms with van der Waals surface area (Å²) in [5.41, 5.74) is 5.88. The monoisotopic (exact) mass is 240 g/mol. The molecule has 1 aromatic rings. The third-order valence-electron chi connectivity index (χ3n) is 3.38. The highest BCUT2D eigenvalue weighted by molar-refractivity contribution is 7.09. The molecule has 4 nitrogen and oxygen atoms in total. The fourth-order valence-corrected chi connectivity index (χ4v) is 3.19. The fraction of sp³-hybridized carbons (Fsp3) is 0.818. The molecule has 1 aliphatic heterocycles. The molecule has 0 aliphatic carbocycles. The first-order valence-corrected chi connectivity index (χ1v) is 6.83. The number of anilines is 1. The topological polar surface area (TPSA) is 55.0 Å². The van der Waals surface area contributed by atoms with E-state index in [-0.39, 0.29) is 0 Å². The van der Waals surface area contributed by atoms with Gasteiger partial charge in [0, 0.05) is 37.1 Å². The first kappa shape index (κ1) is 11.8. The van der Waals surface area contributed by atoms with Gasteiger partial charge in [0.05, 0.1) is 0 Å². The summed E-state index contributed by atoms with van der Waals surface area (Å²) < 4.78 is 4.35. The van der Waals surface area contributed by atoms with Gasteiger partial charge < -0.3 is 10.6 Å². The molecule has 2 atom stereocenters. The molecule has 0 saturated carbocycles. The van der Waals surface area contributed by atoms with Crippen LogP contribution in [0.25, 0.3) is 0 Å². The van der Waals surface area contributed by atoms with Gasteiger partial charge in [-0.2, -0.15) is 4.37 Å². The maximum absolute atomic E-state index is 5.88. The van der Waals surface area contributed by atoms with Gasteiger partial charge in [0.25, 0.3) is 0 Å². The molecule has 0 bridgehead atoms. The molecule has 2 rings (SSSR count). The van der Waals surface area contributed by atoms with Crippen LogP contribution in [0.15, 0.2) is 0 Å². The van der Waals surface area contributed by atoms with Crippen molar-refractivity contribution >= 4 is 16.7 Å². The number of nitrogens with two attached hydrogens (primary N) is 1. The number of aryl methyl sites for hydroxylation is 1. The quantitative estimate of drug-likeness (QED) is 0.873.